The fraction of sp³-hybridized carbons (Fsp3) is 0.762. The number of rotatable bonds is 43. The third kappa shape index (κ3) is 32.7. The van der Waals surface area contributed by atoms with E-state index >= 15 is 0 Å². The van der Waals surface area contributed by atoms with Crippen LogP contribution >= 0.6 is 0 Å². The molecule has 15 amide bonds. The van der Waals surface area contributed by atoms with Crippen molar-refractivity contribution in [3.05, 3.63) is 0 Å². The highest BCUT2D eigenvalue weighted by Crippen LogP contribution is 2.14. The average molecular weight is 1340 g/mol. The third-order valence-corrected chi connectivity index (χ3v) is 15.0. The Labute approximate surface area is 554 Å². The van der Waals surface area contributed by atoms with Gasteiger partial charge in [-0.2, -0.15) is 0 Å². The average Bonchev–Trinajstić information content (AvgIpc) is 0.924. The van der Waals surface area contributed by atoms with Crippen molar-refractivity contribution < 1.29 is 77.0 Å². The molecule has 0 saturated carbocycles. The van der Waals surface area contributed by atoms with E-state index in [1.807, 2.05) is 20.8 Å². The summed E-state index contributed by atoms with van der Waals surface area (Å²) in [6.45, 7) is 26.6. The van der Waals surface area contributed by atoms with Crippen LogP contribution in [0, 0.1) is 29.6 Å². The zero-order chi connectivity index (χ0) is 72.6. The van der Waals surface area contributed by atoms with Crippen molar-refractivity contribution in [2.24, 2.45) is 29.6 Å². The monoisotopic (exact) mass is 1340 g/mol. The summed E-state index contributed by atoms with van der Waals surface area (Å²) in [5, 5.41) is 47.4. The van der Waals surface area contributed by atoms with Crippen molar-refractivity contribution in [3.8, 4) is 0 Å². The summed E-state index contributed by atoms with van der Waals surface area (Å²) in [7, 11) is 0. The number of amides is 15. The van der Waals surface area contributed by atoms with Gasteiger partial charge in [-0.3, -0.25) is 71.9 Å². The van der Waals surface area contributed by atoms with Crippen molar-refractivity contribution in [1.29, 1.82) is 0 Å². The quantitative estimate of drug-likeness (QED) is 0.0297. The van der Waals surface area contributed by atoms with E-state index < -0.39 is 192 Å². The Balaban J connectivity index is 5.26. The third-order valence-electron chi connectivity index (χ3n) is 15.0. The van der Waals surface area contributed by atoms with E-state index in [1.54, 1.807) is 48.5 Å². The second-order valence-electron chi connectivity index (χ2n) is 27.3. The Morgan fingerprint density at radius 2 is 0.638 bits per heavy atom. The molecule has 536 valence electrons. The SMILES string of the molecule is CCCCCCCC(=O)NC(C)(C)C(=O)NCC(=O)N[C@H](C(=O)NC(C)(C)C(=O)NCC(=O)NCC(=O)N[C@H](C(=O)NC(C)(C)C(=O)NCC(=O)NCC(=O)N[C@H](C(=O)NC(C)(C)C(=O)NCC(=O)N[C@H](C(=O)N[C@H](CO)CC(C)C)[C@@H](C)CC)C(C)C)C(C)C)C(C)C. The molecule has 0 bridgehead atoms. The van der Waals surface area contributed by atoms with Gasteiger partial charge >= 0.3 is 0 Å². The van der Waals surface area contributed by atoms with Crippen LogP contribution in [0.2, 0.25) is 0 Å². The molecular weight excluding hydrogens is 1220 g/mol. The lowest BCUT2D eigenvalue weighted by atomic mass is 9.97. The first-order valence-corrected chi connectivity index (χ1v) is 32.4. The molecule has 94 heavy (non-hydrogen) atoms. The summed E-state index contributed by atoms with van der Waals surface area (Å²) in [5.74, 6) is -12.4. The molecule has 0 aromatic carbocycles. The minimum Gasteiger partial charge on any atom is -0.394 e. The maximum atomic E-state index is 13.5. The lowest BCUT2D eigenvalue weighted by Crippen LogP contribution is -2.62. The second-order valence-corrected chi connectivity index (χ2v) is 27.3. The first-order chi connectivity index (χ1) is 43.4. The topological polar surface area (TPSA) is 457 Å². The molecule has 0 aromatic rings. The van der Waals surface area contributed by atoms with E-state index in [1.165, 1.54) is 55.4 Å². The highest BCUT2D eigenvalue weighted by atomic mass is 16.3. The molecule has 0 aliphatic carbocycles. The summed E-state index contributed by atoms with van der Waals surface area (Å²) in [5.41, 5.74) is -6.25. The van der Waals surface area contributed by atoms with Crippen LogP contribution in [0.25, 0.3) is 0 Å². The molecule has 16 N–H and O–H groups in total. The van der Waals surface area contributed by atoms with Crippen molar-refractivity contribution in [2.45, 2.75) is 235 Å². The molecule has 0 rings (SSSR count). The normalized spacial score (nSPS) is 13.7. The molecule has 0 aliphatic heterocycles. The smallest absolute Gasteiger partial charge is 0.245 e. The van der Waals surface area contributed by atoms with Gasteiger partial charge in [-0.15, -0.1) is 0 Å². The van der Waals surface area contributed by atoms with Gasteiger partial charge in [-0.25, -0.2) is 0 Å². The Kier molecular flexibility index (Phi) is 37.5. The van der Waals surface area contributed by atoms with Crippen LogP contribution in [0.1, 0.15) is 183 Å². The van der Waals surface area contributed by atoms with Crippen molar-refractivity contribution in [1.82, 2.24) is 79.8 Å². The van der Waals surface area contributed by atoms with Crippen LogP contribution in [-0.2, 0) is 71.9 Å². The minimum absolute atomic E-state index is 0.189. The largest absolute Gasteiger partial charge is 0.394 e. The molecule has 31 heteroatoms. The Morgan fingerprint density at radius 3 is 0.936 bits per heavy atom. The van der Waals surface area contributed by atoms with Crippen molar-refractivity contribution in [3.63, 3.8) is 0 Å². The molecule has 6 atom stereocenters. The van der Waals surface area contributed by atoms with E-state index in [4.69, 9.17) is 0 Å². The van der Waals surface area contributed by atoms with Crippen LogP contribution < -0.4 is 79.8 Å². The zero-order valence-corrected chi connectivity index (χ0v) is 59.0. The van der Waals surface area contributed by atoms with E-state index in [0.29, 0.717) is 19.3 Å². The fourth-order valence-electron chi connectivity index (χ4n) is 8.94. The predicted molar refractivity (Wildman–Crippen MR) is 350 cm³/mol. The van der Waals surface area contributed by atoms with Gasteiger partial charge in [0, 0.05) is 6.42 Å². The molecule has 0 aromatic heterocycles. The van der Waals surface area contributed by atoms with Crippen LogP contribution in [-0.4, -0.2) is 192 Å². The van der Waals surface area contributed by atoms with Crippen molar-refractivity contribution in [2.75, 3.05) is 45.9 Å². The summed E-state index contributed by atoms with van der Waals surface area (Å²) in [6.07, 6.45) is 6.04. The molecule has 0 saturated heterocycles. The molecule has 0 radical (unpaired) electrons. The number of unbranched alkanes of at least 4 members (excludes halogenated alkanes) is 4. The van der Waals surface area contributed by atoms with Gasteiger partial charge in [0.25, 0.3) is 0 Å². The Bertz CT molecular complexity index is 2620. The molecule has 31 nitrogen and oxygen atoms in total. The number of hydrogen-bond donors (Lipinski definition) is 16. The lowest BCUT2D eigenvalue weighted by molar-refractivity contribution is -0.136. The van der Waals surface area contributed by atoms with Crippen LogP contribution in [0.5, 0.6) is 0 Å². The van der Waals surface area contributed by atoms with E-state index in [0.717, 1.165) is 25.7 Å². The molecular formula is C63H113N15O16. The van der Waals surface area contributed by atoms with Crippen molar-refractivity contribution >= 4 is 88.6 Å². The van der Waals surface area contributed by atoms with Gasteiger partial charge in [-0.1, -0.05) is 108 Å². The second kappa shape index (κ2) is 41.0. The van der Waals surface area contributed by atoms with E-state index in [-0.39, 0.29) is 30.8 Å². The first kappa shape index (κ1) is 86.0. The number of aliphatic hydroxyl groups excluding tert-OH is 1. The zero-order valence-electron chi connectivity index (χ0n) is 59.0. The van der Waals surface area contributed by atoms with Gasteiger partial charge in [0.05, 0.1) is 51.9 Å². The Hall–Kier alpha value is -7.99. The lowest BCUT2D eigenvalue weighted by Gasteiger charge is -2.30. The van der Waals surface area contributed by atoms with E-state index in [9.17, 15) is 77.0 Å². The van der Waals surface area contributed by atoms with E-state index in [2.05, 4.69) is 86.7 Å². The van der Waals surface area contributed by atoms with Crippen LogP contribution in [0.3, 0.4) is 0 Å². The number of nitrogens with one attached hydrogen (secondary N) is 15. The summed E-state index contributed by atoms with van der Waals surface area (Å²) < 4.78 is 0. The highest BCUT2D eigenvalue weighted by molar-refractivity contribution is 6.00. The Morgan fingerprint density at radius 1 is 0.340 bits per heavy atom. The number of carbonyl (C=O) groups excluding carboxylic acids is 15. The molecule has 0 unspecified atom stereocenters. The number of carbonyl (C=O) groups is 15. The van der Waals surface area contributed by atoms with Crippen LogP contribution in [0.15, 0.2) is 0 Å². The van der Waals surface area contributed by atoms with Crippen LogP contribution in [0.4, 0.5) is 0 Å². The summed E-state index contributed by atoms with van der Waals surface area (Å²) in [6, 6.07) is -5.08. The standard InChI is InChI=1S/C63H113N15O16/c1-20-22-23-24-25-26-41(80)75-60(12,13)56(91)68-32-46(85)73-50(38(9)10)55(90)77-62(16,17)58(93)67-29-43(82)64-30-44(83)71-48(36(5)6)53(88)76-61(14,15)57(92)66-28-42(81)65-31-45(84)72-49(37(7)8)54(89)78-63(18,19)59(94)69-33-47(86)74-51(39(11)21-2)52(87)70-40(34-79)27-35(3)4/h35-40,48-51,79H,20-34H2,1-19H3,(H,64,82)(H,65,81)(H,66,92)(H,67,93)(H,68,91)(H,69,94)(H,70,87)(H,71,83)(H,72,84)(H,73,85)(H,74,86)(H,75,80)(H,76,88)(H,77,90)(H,78,89)/t39-,40-,48-,49-,50-,51-/m0/s1. The predicted octanol–water partition coefficient (Wildman–Crippen LogP) is -1.90. The van der Waals surface area contributed by atoms with Gasteiger partial charge in [0.15, 0.2) is 0 Å². The molecule has 0 aliphatic rings. The van der Waals surface area contributed by atoms with Gasteiger partial charge in [0.1, 0.15) is 46.3 Å². The minimum atomic E-state index is -1.68. The summed E-state index contributed by atoms with van der Waals surface area (Å²) in [4.78, 5) is 196. The molecule has 0 fully saturated rings. The fourth-order valence-corrected chi connectivity index (χ4v) is 8.94. The first-order valence-electron chi connectivity index (χ1n) is 32.4. The molecule has 0 heterocycles. The maximum absolute atomic E-state index is 13.5. The number of aliphatic hydroxyl groups is 1. The number of hydrogen-bond acceptors (Lipinski definition) is 16. The van der Waals surface area contributed by atoms with Gasteiger partial charge < -0.3 is 84.9 Å². The van der Waals surface area contributed by atoms with Gasteiger partial charge in [-0.05, 0) is 97.8 Å². The highest BCUT2D eigenvalue weighted by Gasteiger charge is 2.39. The van der Waals surface area contributed by atoms with Gasteiger partial charge in [0.2, 0.25) is 88.6 Å². The summed E-state index contributed by atoms with van der Waals surface area (Å²) >= 11 is 0. The maximum Gasteiger partial charge on any atom is 0.245 e. The molecule has 0 spiro atoms.